The van der Waals surface area contributed by atoms with Crippen molar-refractivity contribution in [3.8, 4) is 23.4 Å². The van der Waals surface area contributed by atoms with Crippen molar-refractivity contribution in [2.75, 3.05) is 32.4 Å². The molecule has 0 saturated carbocycles. The van der Waals surface area contributed by atoms with Crippen molar-refractivity contribution in [2.45, 2.75) is 12.5 Å². The topological polar surface area (TPSA) is 102 Å². The number of benzene rings is 2. The number of nitrogens with two attached hydrogens (primary N) is 1. The summed E-state index contributed by atoms with van der Waals surface area (Å²) < 4.78 is 16.0. The number of rotatable bonds is 5. The molecule has 0 radical (unpaired) electrons. The van der Waals surface area contributed by atoms with Gasteiger partial charge in [-0.15, -0.1) is 0 Å². The maximum atomic E-state index is 9.93. The van der Waals surface area contributed by atoms with Crippen molar-refractivity contribution in [3.05, 3.63) is 76.9 Å². The molecule has 32 heavy (non-hydrogen) atoms. The van der Waals surface area contributed by atoms with Crippen LogP contribution in [0.25, 0.3) is 5.57 Å². The third kappa shape index (κ3) is 3.46. The Hall–Kier alpha value is -4.18. The van der Waals surface area contributed by atoms with Crippen LogP contribution in [0.15, 0.2) is 54.6 Å². The maximum Gasteiger partial charge on any atom is 0.235 e. The van der Waals surface area contributed by atoms with Crippen LogP contribution in [-0.4, -0.2) is 26.3 Å². The lowest BCUT2D eigenvalue weighted by atomic mass is 9.81. The summed E-state index contributed by atoms with van der Waals surface area (Å²) in [7, 11) is 4.73. The summed E-state index contributed by atoms with van der Waals surface area (Å²) in [5, 5.41) is 13.4. The van der Waals surface area contributed by atoms with E-state index in [0.29, 0.717) is 16.8 Å². The molecule has 3 N–H and O–H groups in total. The molecule has 2 heterocycles. The summed E-state index contributed by atoms with van der Waals surface area (Å²) in [4.78, 5) is 4.34. The Morgan fingerprint density at radius 3 is 2.06 bits per heavy atom. The summed E-state index contributed by atoms with van der Waals surface area (Å²) in [6, 6.07) is 17.7. The van der Waals surface area contributed by atoms with Crippen LogP contribution < -0.4 is 25.3 Å². The minimum absolute atomic E-state index is 0.185. The Bertz CT molecular complexity index is 1230. The van der Waals surface area contributed by atoms with Crippen molar-refractivity contribution in [1.29, 1.82) is 5.26 Å². The summed E-state index contributed by atoms with van der Waals surface area (Å²) in [6.07, 6.45) is 2.10. The number of nitriles is 1. The van der Waals surface area contributed by atoms with E-state index in [1.165, 1.54) is 7.11 Å². The number of nitrogens with one attached hydrogen (secondary N) is 1. The Kier molecular flexibility index (Phi) is 5.37. The highest BCUT2D eigenvalue weighted by Crippen LogP contribution is 2.47. The van der Waals surface area contributed by atoms with E-state index in [4.69, 9.17) is 19.9 Å². The number of aromatic nitrogens is 1. The number of pyridine rings is 1. The molecule has 7 heteroatoms. The van der Waals surface area contributed by atoms with Gasteiger partial charge in [-0.1, -0.05) is 24.3 Å². The number of nitrogens with zero attached hydrogens (tertiary/aromatic N) is 2. The van der Waals surface area contributed by atoms with Gasteiger partial charge in [0.25, 0.3) is 0 Å². The lowest BCUT2D eigenvalue weighted by Crippen LogP contribution is -2.34. The SMILES string of the molecule is COc1ccc(C2=CC(C)(c3ccc(OC)cc3)Nc3c(C#N)c(OC)nc(N)c32)cc1. The number of fused-ring (bicyclic) bond motifs is 1. The number of anilines is 2. The molecule has 0 bridgehead atoms. The summed E-state index contributed by atoms with van der Waals surface area (Å²) >= 11 is 0. The molecule has 1 atom stereocenters. The molecule has 1 aromatic heterocycles. The first-order valence-electron chi connectivity index (χ1n) is 10.0. The van der Waals surface area contributed by atoms with Gasteiger partial charge in [-0.3, -0.25) is 0 Å². The zero-order valence-electron chi connectivity index (χ0n) is 18.4. The standard InChI is InChI=1S/C25H24N4O3/c1-25(16-7-11-18(31-3)12-8-16)13-19(15-5-9-17(30-2)10-6-15)21-22(29-25)20(14-26)24(32-4)28-23(21)27/h5-13,29H,1-4H3,(H2,27,28). The molecule has 1 aliphatic rings. The van der Waals surface area contributed by atoms with Crippen molar-refractivity contribution < 1.29 is 14.2 Å². The first-order chi connectivity index (χ1) is 15.4. The first-order valence-corrected chi connectivity index (χ1v) is 10.0. The van der Waals surface area contributed by atoms with Crippen LogP contribution in [0.4, 0.5) is 11.5 Å². The Labute approximate surface area is 187 Å². The predicted octanol–water partition coefficient (Wildman–Crippen LogP) is 4.33. The van der Waals surface area contributed by atoms with Gasteiger partial charge in [0.15, 0.2) is 0 Å². The molecule has 1 aliphatic heterocycles. The van der Waals surface area contributed by atoms with Gasteiger partial charge >= 0.3 is 0 Å². The van der Waals surface area contributed by atoms with E-state index in [0.717, 1.165) is 28.2 Å². The van der Waals surface area contributed by atoms with Gasteiger partial charge in [-0.2, -0.15) is 10.2 Å². The molecule has 162 valence electrons. The molecule has 0 fully saturated rings. The highest BCUT2D eigenvalue weighted by atomic mass is 16.5. The van der Waals surface area contributed by atoms with E-state index in [1.54, 1.807) is 14.2 Å². The van der Waals surface area contributed by atoms with Crippen molar-refractivity contribution in [2.24, 2.45) is 0 Å². The average Bonchev–Trinajstić information content (AvgIpc) is 2.83. The van der Waals surface area contributed by atoms with Gasteiger partial charge in [-0.25, -0.2) is 0 Å². The third-order valence-electron chi connectivity index (χ3n) is 5.67. The van der Waals surface area contributed by atoms with Gasteiger partial charge in [0, 0.05) is 5.56 Å². The second kappa shape index (κ2) is 8.16. The van der Waals surface area contributed by atoms with Crippen molar-refractivity contribution in [1.82, 2.24) is 4.98 Å². The maximum absolute atomic E-state index is 9.93. The fraction of sp³-hybridized carbons (Fsp3) is 0.200. The quantitative estimate of drug-likeness (QED) is 0.623. The monoisotopic (exact) mass is 428 g/mol. The zero-order valence-corrected chi connectivity index (χ0v) is 18.4. The van der Waals surface area contributed by atoms with Crippen molar-refractivity contribution >= 4 is 17.1 Å². The second-order valence-corrected chi connectivity index (χ2v) is 7.59. The molecular formula is C25H24N4O3. The lowest BCUT2D eigenvalue weighted by molar-refractivity contribution is 0.397. The van der Waals surface area contributed by atoms with E-state index >= 15 is 0 Å². The van der Waals surface area contributed by atoms with Gasteiger partial charge in [0.05, 0.1) is 32.6 Å². The van der Waals surface area contributed by atoms with Gasteiger partial charge in [0.2, 0.25) is 5.88 Å². The average molecular weight is 428 g/mol. The molecule has 1 unspecified atom stereocenters. The number of hydrogen-bond acceptors (Lipinski definition) is 7. The minimum atomic E-state index is -0.640. The van der Waals surface area contributed by atoms with E-state index in [9.17, 15) is 5.26 Å². The number of methoxy groups -OCH3 is 3. The second-order valence-electron chi connectivity index (χ2n) is 7.59. The Balaban J connectivity index is 1.98. The van der Waals surface area contributed by atoms with Crippen LogP contribution in [0.1, 0.15) is 29.2 Å². The molecule has 3 aromatic rings. The Morgan fingerprint density at radius 1 is 0.938 bits per heavy atom. The van der Waals surface area contributed by atoms with E-state index in [-0.39, 0.29) is 11.7 Å². The molecule has 2 aromatic carbocycles. The first kappa shape index (κ1) is 21.1. The summed E-state index contributed by atoms with van der Waals surface area (Å²) in [5.74, 6) is 1.98. The fourth-order valence-electron chi connectivity index (χ4n) is 3.98. The minimum Gasteiger partial charge on any atom is -0.497 e. The summed E-state index contributed by atoms with van der Waals surface area (Å²) in [6.45, 7) is 2.05. The molecule has 4 rings (SSSR count). The van der Waals surface area contributed by atoms with Crippen LogP contribution in [0, 0.1) is 11.3 Å². The molecular weight excluding hydrogens is 404 g/mol. The highest BCUT2D eigenvalue weighted by molar-refractivity contribution is 5.96. The molecule has 7 nitrogen and oxygen atoms in total. The van der Waals surface area contributed by atoms with Crippen LogP contribution in [0.2, 0.25) is 0 Å². The van der Waals surface area contributed by atoms with E-state index < -0.39 is 5.54 Å². The fourth-order valence-corrected chi connectivity index (χ4v) is 3.98. The predicted molar refractivity (Wildman–Crippen MR) is 124 cm³/mol. The summed E-state index contributed by atoms with van der Waals surface area (Å²) in [5.41, 5.74) is 10.1. The molecule has 0 spiro atoms. The number of hydrogen-bond donors (Lipinski definition) is 2. The van der Waals surface area contributed by atoms with Crippen LogP contribution >= 0.6 is 0 Å². The lowest BCUT2D eigenvalue weighted by Gasteiger charge is -2.37. The Morgan fingerprint density at radius 2 is 1.53 bits per heavy atom. The molecule has 0 amide bonds. The van der Waals surface area contributed by atoms with Crippen LogP contribution in [-0.2, 0) is 5.54 Å². The largest absolute Gasteiger partial charge is 0.497 e. The van der Waals surface area contributed by atoms with Crippen LogP contribution in [0.3, 0.4) is 0 Å². The normalized spacial score (nSPS) is 16.8. The smallest absolute Gasteiger partial charge is 0.235 e. The third-order valence-corrected chi connectivity index (χ3v) is 5.67. The van der Waals surface area contributed by atoms with Gasteiger partial charge in [-0.05, 0) is 54.0 Å². The van der Waals surface area contributed by atoms with Gasteiger partial charge < -0.3 is 25.3 Å². The molecule has 0 aliphatic carbocycles. The van der Waals surface area contributed by atoms with Crippen LogP contribution in [0.5, 0.6) is 17.4 Å². The number of nitrogen functional groups attached to an aromatic ring is 1. The number of ether oxygens (including phenoxy) is 3. The zero-order chi connectivity index (χ0) is 22.9. The van der Waals surface area contributed by atoms with Gasteiger partial charge in [0.1, 0.15) is 28.9 Å². The van der Waals surface area contributed by atoms with Crippen molar-refractivity contribution in [3.63, 3.8) is 0 Å². The van der Waals surface area contributed by atoms with E-state index in [2.05, 4.69) is 22.4 Å². The molecule has 0 saturated heterocycles. The highest BCUT2D eigenvalue weighted by Gasteiger charge is 2.35. The van der Waals surface area contributed by atoms with E-state index in [1.807, 2.05) is 55.5 Å².